The Kier molecular flexibility index (Phi) is 15.5. The predicted octanol–water partition coefficient (Wildman–Crippen LogP) is 11.2. The summed E-state index contributed by atoms with van der Waals surface area (Å²) in [6.45, 7) is 0. The Morgan fingerprint density at radius 3 is 0.857 bits per heavy atom. The van der Waals surface area contributed by atoms with Gasteiger partial charge in [-0.1, -0.05) is 37.5 Å². The van der Waals surface area contributed by atoms with Gasteiger partial charge in [-0.3, -0.25) is 15.0 Å². The van der Waals surface area contributed by atoms with Crippen LogP contribution in [0.2, 0.25) is 0 Å². The Hall–Kier alpha value is -2.53. The second kappa shape index (κ2) is 18.6. The van der Waals surface area contributed by atoms with Crippen LogP contribution < -0.4 is 0 Å². The van der Waals surface area contributed by atoms with Crippen molar-refractivity contribution in [3.05, 3.63) is 110 Å². The third-order valence-corrected chi connectivity index (χ3v) is 9.19. The van der Waals surface area contributed by atoms with Gasteiger partial charge in [-0.15, -0.1) is 17.8 Å². The summed E-state index contributed by atoms with van der Waals surface area (Å²) in [7, 11) is 0. The molecule has 0 radical (unpaired) electrons. The molecular weight excluding hydrogens is 838 g/mol. The number of halogens is 9. The largest absolute Gasteiger partial charge is 3.00 e. The molecule has 49 heavy (non-hydrogen) atoms. The van der Waals surface area contributed by atoms with Gasteiger partial charge in [0.05, 0.1) is 0 Å². The first-order chi connectivity index (χ1) is 22.7. The molecule has 3 saturated carbocycles. The van der Waals surface area contributed by atoms with Crippen LogP contribution >= 0.6 is 0 Å². The van der Waals surface area contributed by atoms with Crippen LogP contribution in [0.15, 0.2) is 73.2 Å². The fraction of sp³-hybridized carbons (Fsp3) is 0.500. The van der Waals surface area contributed by atoms with Gasteiger partial charge in [0.2, 0.25) is 0 Å². The minimum Gasteiger partial charge on any atom is -0.319 e. The first-order valence-corrected chi connectivity index (χ1v) is 16.1. The summed E-state index contributed by atoms with van der Waals surface area (Å²) in [6.07, 6.45) is 0.755. The first kappa shape index (κ1) is 40.9. The minimum atomic E-state index is -4.05. The maximum absolute atomic E-state index is 12.4. The normalized spacial score (nSPS) is 26.1. The SMILES string of the molecule is FC(F)(F)C1C[CH-]C(c2ccccn2)CC1.FC(F)(F)C1C[CH-]C(c2ccccn2)CC1.FC(F)(F)C1C[CH-]C(c2ccccn2)CC1.[Ir+3]. The number of rotatable bonds is 3. The van der Waals surface area contributed by atoms with E-state index in [2.05, 4.69) is 15.0 Å². The van der Waals surface area contributed by atoms with Crippen LogP contribution in [-0.4, -0.2) is 33.5 Å². The number of alkyl halides is 9. The average molecular weight is 877 g/mol. The average Bonchev–Trinajstić information content (AvgIpc) is 3.09. The van der Waals surface area contributed by atoms with Gasteiger partial charge in [-0.2, -0.15) is 58.8 Å². The molecule has 6 atom stereocenters. The molecule has 0 bridgehead atoms. The zero-order valence-electron chi connectivity index (χ0n) is 26.6. The van der Waals surface area contributed by atoms with Crippen molar-refractivity contribution in [2.45, 2.75) is 94.1 Å². The van der Waals surface area contributed by atoms with Crippen LogP contribution in [0.25, 0.3) is 0 Å². The zero-order valence-corrected chi connectivity index (χ0v) is 29.0. The van der Waals surface area contributed by atoms with E-state index in [1.54, 1.807) is 37.9 Å². The van der Waals surface area contributed by atoms with Gasteiger partial charge in [0, 0.05) is 53.4 Å². The van der Waals surface area contributed by atoms with Gasteiger partial charge in [0.1, 0.15) is 0 Å². The third kappa shape index (κ3) is 12.9. The Morgan fingerprint density at radius 2 is 0.694 bits per heavy atom. The molecule has 6 unspecified atom stereocenters. The molecule has 3 nitrogen and oxygen atoms in total. The maximum atomic E-state index is 12.4. The van der Waals surface area contributed by atoms with Crippen molar-refractivity contribution in [3.63, 3.8) is 0 Å². The van der Waals surface area contributed by atoms with E-state index in [-0.39, 0.29) is 76.4 Å². The summed E-state index contributed by atoms with van der Waals surface area (Å²) in [5, 5.41) is 0. The minimum absolute atomic E-state index is 0. The van der Waals surface area contributed by atoms with Crippen molar-refractivity contribution in [1.82, 2.24) is 15.0 Å². The van der Waals surface area contributed by atoms with Crippen molar-refractivity contribution in [1.29, 1.82) is 0 Å². The summed E-state index contributed by atoms with van der Waals surface area (Å²) in [5.74, 6) is -3.23. The Balaban J connectivity index is 0.000000197. The number of nitrogens with zero attached hydrogens (tertiary/aromatic N) is 3. The standard InChI is InChI=1S/3C12H13F3N.Ir/c3*13-12(14,15)10-6-4-9(5-7-10)11-3-1-2-8-16-11;/h3*1-4,8-10H,5-7H2;/q3*-1;+3. The summed E-state index contributed by atoms with van der Waals surface area (Å²) in [6, 6.07) is 16.6. The van der Waals surface area contributed by atoms with Gasteiger partial charge in [0.25, 0.3) is 0 Å². The number of aromatic nitrogens is 3. The monoisotopic (exact) mass is 877 g/mol. The molecule has 3 heterocycles. The topological polar surface area (TPSA) is 38.7 Å². The fourth-order valence-electron chi connectivity index (χ4n) is 6.32. The van der Waals surface area contributed by atoms with E-state index in [4.69, 9.17) is 0 Å². The van der Waals surface area contributed by atoms with E-state index in [9.17, 15) is 39.5 Å². The number of hydrogen-bond acceptors (Lipinski definition) is 3. The van der Waals surface area contributed by atoms with Crippen molar-refractivity contribution < 1.29 is 59.6 Å². The molecule has 3 fully saturated rings. The van der Waals surface area contributed by atoms with E-state index in [0.717, 1.165) is 17.1 Å². The zero-order chi connectivity index (χ0) is 34.8. The van der Waals surface area contributed by atoms with Crippen LogP contribution in [0.3, 0.4) is 0 Å². The molecule has 3 aromatic heterocycles. The molecule has 6 rings (SSSR count). The summed E-state index contributed by atoms with van der Waals surface area (Å²) in [5.41, 5.74) is 2.63. The molecule has 270 valence electrons. The van der Waals surface area contributed by atoms with E-state index in [1.165, 1.54) is 0 Å². The molecule has 0 spiro atoms. The van der Waals surface area contributed by atoms with E-state index in [0.29, 0.717) is 19.3 Å². The van der Waals surface area contributed by atoms with Crippen LogP contribution in [-0.2, 0) is 20.1 Å². The first-order valence-electron chi connectivity index (χ1n) is 16.1. The Morgan fingerprint density at radius 1 is 0.429 bits per heavy atom. The third-order valence-electron chi connectivity index (χ3n) is 9.19. The molecule has 3 aliphatic carbocycles. The second-order valence-electron chi connectivity index (χ2n) is 12.4. The van der Waals surface area contributed by atoms with Gasteiger partial charge >= 0.3 is 38.6 Å². The Bertz CT molecular complexity index is 1150. The Labute approximate surface area is 295 Å². The predicted molar refractivity (Wildman–Crippen MR) is 164 cm³/mol. The summed E-state index contributed by atoms with van der Waals surface area (Å²) in [4.78, 5) is 12.5. The molecule has 0 N–H and O–H groups in total. The summed E-state index contributed by atoms with van der Waals surface area (Å²) < 4.78 is 112. The summed E-state index contributed by atoms with van der Waals surface area (Å²) >= 11 is 0. The van der Waals surface area contributed by atoms with Crippen molar-refractivity contribution in [2.24, 2.45) is 17.8 Å². The molecule has 3 aliphatic rings. The second-order valence-corrected chi connectivity index (χ2v) is 12.4. The molecular formula is C36H39F9IrN3. The molecule has 3 aromatic rings. The van der Waals surface area contributed by atoms with Crippen molar-refractivity contribution >= 4 is 0 Å². The smallest absolute Gasteiger partial charge is 0.319 e. The van der Waals surface area contributed by atoms with Crippen molar-refractivity contribution in [2.75, 3.05) is 0 Å². The molecule has 0 amide bonds. The van der Waals surface area contributed by atoms with Crippen LogP contribution in [0.4, 0.5) is 39.5 Å². The molecule has 13 heteroatoms. The van der Waals surface area contributed by atoms with E-state index >= 15 is 0 Å². The van der Waals surface area contributed by atoms with Gasteiger partial charge < -0.3 is 19.3 Å². The van der Waals surface area contributed by atoms with E-state index in [1.807, 2.05) is 54.6 Å². The molecule has 0 aliphatic heterocycles. The maximum Gasteiger partial charge on any atom is 3.00 e. The van der Waals surface area contributed by atoms with E-state index < -0.39 is 36.3 Å². The van der Waals surface area contributed by atoms with Crippen molar-refractivity contribution in [3.8, 4) is 0 Å². The van der Waals surface area contributed by atoms with Gasteiger partial charge in [0.15, 0.2) is 0 Å². The van der Waals surface area contributed by atoms with Crippen LogP contribution in [0, 0.1) is 37.0 Å². The van der Waals surface area contributed by atoms with Crippen LogP contribution in [0.5, 0.6) is 0 Å². The van der Waals surface area contributed by atoms with Gasteiger partial charge in [-0.05, 0) is 55.7 Å². The van der Waals surface area contributed by atoms with Crippen LogP contribution in [0.1, 0.15) is 92.6 Å². The number of pyridine rings is 3. The molecule has 0 saturated heterocycles. The molecule has 0 aromatic carbocycles. The fourth-order valence-corrected chi connectivity index (χ4v) is 6.32. The quantitative estimate of drug-likeness (QED) is 0.194. The van der Waals surface area contributed by atoms with Gasteiger partial charge in [-0.25, -0.2) is 0 Å². The number of hydrogen-bond donors (Lipinski definition) is 0.